The van der Waals surface area contributed by atoms with Crippen LogP contribution in [-0.4, -0.2) is 30.1 Å². The van der Waals surface area contributed by atoms with Gasteiger partial charge in [0.2, 0.25) is 0 Å². The fourth-order valence-corrected chi connectivity index (χ4v) is 2.45. The first-order valence-corrected chi connectivity index (χ1v) is 9.82. The molecule has 0 spiro atoms. The number of hydrazine groups is 1. The minimum Gasteiger partial charge on any atom is -0.494 e. The van der Waals surface area contributed by atoms with Crippen LogP contribution in [0.3, 0.4) is 0 Å². The molecule has 7 nitrogen and oxygen atoms in total. The Labute approximate surface area is 175 Å². The number of ether oxygens (including phenoxy) is 2. The Balaban J connectivity index is 1.86. The Kier molecular flexibility index (Phi) is 8.91. The summed E-state index contributed by atoms with van der Waals surface area (Å²) in [6, 6.07) is 13.6. The van der Waals surface area contributed by atoms with E-state index in [2.05, 4.69) is 16.2 Å². The number of carbonyl (C=O) groups excluding carboxylic acids is 2. The van der Waals surface area contributed by atoms with Gasteiger partial charge in [-0.1, -0.05) is 26.0 Å². The predicted octanol–water partition coefficient (Wildman–Crippen LogP) is 3.21. The Morgan fingerprint density at radius 3 is 2.21 bits per heavy atom. The van der Waals surface area contributed by atoms with E-state index in [9.17, 15) is 9.59 Å². The summed E-state index contributed by atoms with van der Waals surface area (Å²) in [7, 11) is 0. The van der Waals surface area contributed by atoms with Crippen LogP contribution < -0.4 is 25.6 Å². The van der Waals surface area contributed by atoms with Gasteiger partial charge in [0.05, 0.1) is 18.8 Å². The van der Waals surface area contributed by atoms with E-state index in [-0.39, 0.29) is 5.11 Å². The maximum atomic E-state index is 12.4. The molecule has 0 saturated carbocycles. The summed E-state index contributed by atoms with van der Waals surface area (Å²) in [4.78, 5) is 24.6. The van der Waals surface area contributed by atoms with Crippen molar-refractivity contribution < 1.29 is 19.1 Å². The van der Waals surface area contributed by atoms with Crippen molar-refractivity contribution >= 4 is 29.1 Å². The molecule has 29 heavy (non-hydrogen) atoms. The minimum absolute atomic E-state index is 0.0263. The van der Waals surface area contributed by atoms with Gasteiger partial charge in [0.15, 0.2) is 5.11 Å². The summed E-state index contributed by atoms with van der Waals surface area (Å²) < 4.78 is 11.1. The van der Waals surface area contributed by atoms with Crippen molar-refractivity contribution in [3.8, 4) is 11.5 Å². The van der Waals surface area contributed by atoms with Crippen molar-refractivity contribution in [2.75, 3.05) is 13.2 Å². The fraction of sp³-hybridized carbons (Fsp3) is 0.286. The summed E-state index contributed by atoms with van der Waals surface area (Å²) in [5.41, 5.74) is 5.77. The third-order valence-electron chi connectivity index (χ3n) is 3.70. The molecule has 0 saturated heterocycles. The van der Waals surface area contributed by atoms with Gasteiger partial charge in [0, 0.05) is 5.56 Å². The van der Waals surface area contributed by atoms with Crippen LogP contribution in [0.25, 0.3) is 0 Å². The molecule has 0 fully saturated rings. The summed E-state index contributed by atoms with van der Waals surface area (Å²) in [6.07, 6.45) is 1.74. The highest BCUT2D eigenvalue weighted by molar-refractivity contribution is 7.80. The summed E-state index contributed by atoms with van der Waals surface area (Å²) in [5.74, 6) is 0.352. The van der Waals surface area contributed by atoms with E-state index in [0.717, 1.165) is 12.8 Å². The third-order valence-corrected chi connectivity index (χ3v) is 3.90. The molecule has 0 unspecified atom stereocenters. The number of carbonyl (C=O) groups is 2. The molecule has 2 rings (SSSR count). The van der Waals surface area contributed by atoms with Crippen LogP contribution in [0.5, 0.6) is 11.5 Å². The Hall–Kier alpha value is -3.13. The first-order valence-electron chi connectivity index (χ1n) is 9.41. The smallest absolute Gasteiger partial charge is 0.273 e. The number of para-hydroxylation sites is 1. The topological polar surface area (TPSA) is 88.7 Å². The van der Waals surface area contributed by atoms with Crippen LogP contribution in [0.15, 0.2) is 48.5 Å². The van der Waals surface area contributed by atoms with Gasteiger partial charge in [-0.05, 0) is 61.5 Å². The molecule has 0 radical (unpaired) electrons. The largest absolute Gasteiger partial charge is 0.494 e. The lowest BCUT2D eigenvalue weighted by molar-refractivity contribution is 0.0931. The van der Waals surface area contributed by atoms with Crippen molar-refractivity contribution in [1.82, 2.24) is 16.2 Å². The number of benzene rings is 2. The van der Waals surface area contributed by atoms with E-state index in [1.807, 2.05) is 13.8 Å². The number of rotatable bonds is 8. The maximum Gasteiger partial charge on any atom is 0.273 e. The first kappa shape index (κ1) is 22.2. The van der Waals surface area contributed by atoms with Crippen molar-refractivity contribution in [1.29, 1.82) is 0 Å². The van der Waals surface area contributed by atoms with Crippen LogP contribution in [0.4, 0.5) is 0 Å². The molecule has 3 N–H and O–H groups in total. The molecule has 0 aliphatic rings. The summed E-state index contributed by atoms with van der Waals surface area (Å²) >= 11 is 5.07. The molecular formula is C21H25N3O4S. The van der Waals surface area contributed by atoms with Crippen LogP contribution in [-0.2, 0) is 0 Å². The molecule has 8 heteroatoms. The van der Waals surface area contributed by atoms with Crippen LogP contribution >= 0.6 is 12.2 Å². The van der Waals surface area contributed by atoms with E-state index in [1.165, 1.54) is 0 Å². The van der Waals surface area contributed by atoms with Crippen molar-refractivity contribution in [3.05, 3.63) is 59.7 Å². The lowest BCUT2D eigenvalue weighted by Gasteiger charge is -2.13. The second-order valence-electron chi connectivity index (χ2n) is 6.08. The van der Waals surface area contributed by atoms with E-state index < -0.39 is 11.8 Å². The number of hydrogen-bond donors (Lipinski definition) is 3. The molecule has 2 aromatic rings. The fourth-order valence-electron chi connectivity index (χ4n) is 2.30. The average Bonchev–Trinajstić information content (AvgIpc) is 2.75. The molecule has 0 heterocycles. The van der Waals surface area contributed by atoms with Gasteiger partial charge in [-0.25, -0.2) is 0 Å². The van der Waals surface area contributed by atoms with Crippen molar-refractivity contribution in [3.63, 3.8) is 0 Å². The Morgan fingerprint density at radius 2 is 1.52 bits per heavy atom. The number of nitrogens with one attached hydrogen (secondary N) is 3. The lowest BCUT2D eigenvalue weighted by Crippen LogP contribution is -2.48. The monoisotopic (exact) mass is 415 g/mol. The van der Waals surface area contributed by atoms with Gasteiger partial charge in [0.25, 0.3) is 11.8 Å². The molecule has 0 atom stereocenters. The van der Waals surface area contributed by atoms with Crippen LogP contribution in [0.1, 0.15) is 47.4 Å². The third kappa shape index (κ3) is 7.08. The van der Waals surface area contributed by atoms with Gasteiger partial charge < -0.3 is 9.47 Å². The summed E-state index contributed by atoms with van der Waals surface area (Å²) in [5, 5.41) is 2.48. The zero-order valence-electron chi connectivity index (χ0n) is 16.5. The van der Waals surface area contributed by atoms with Crippen molar-refractivity contribution in [2.45, 2.75) is 26.7 Å². The summed E-state index contributed by atoms with van der Waals surface area (Å²) in [6.45, 7) is 5.13. The molecule has 0 bridgehead atoms. The zero-order valence-corrected chi connectivity index (χ0v) is 17.3. The SMILES string of the molecule is CCCOc1ccc(C(=O)NC(=S)NNC(=O)c2ccccc2OCCC)cc1. The number of hydrogen-bond acceptors (Lipinski definition) is 5. The number of thiocarbonyl (C=S) groups is 1. The molecular weight excluding hydrogens is 390 g/mol. The van der Waals surface area contributed by atoms with Gasteiger partial charge >= 0.3 is 0 Å². The second-order valence-corrected chi connectivity index (χ2v) is 6.49. The quantitative estimate of drug-likeness (QED) is 0.453. The predicted molar refractivity (Wildman–Crippen MR) is 115 cm³/mol. The highest BCUT2D eigenvalue weighted by atomic mass is 32.1. The van der Waals surface area contributed by atoms with Crippen molar-refractivity contribution in [2.24, 2.45) is 0 Å². The van der Waals surface area contributed by atoms with Gasteiger partial charge in [-0.15, -0.1) is 0 Å². The Bertz CT molecular complexity index is 840. The molecule has 0 aromatic heterocycles. The lowest BCUT2D eigenvalue weighted by atomic mass is 10.2. The standard InChI is InChI=1S/C21H25N3O4S/c1-3-13-27-16-11-9-15(10-12-16)19(25)22-21(29)24-23-20(26)17-7-5-6-8-18(17)28-14-4-2/h5-12H,3-4,13-14H2,1-2H3,(H,23,26)(H2,22,24,25,29). The highest BCUT2D eigenvalue weighted by Gasteiger charge is 2.13. The van der Waals surface area contributed by atoms with Crippen LogP contribution in [0.2, 0.25) is 0 Å². The van der Waals surface area contributed by atoms with Gasteiger partial charge in [0.1, 0.15) is 11.5 Å². The second kappa shape index (κ2) is 11.7. The molecule has 2 amide bonds. The van der Waals surface area contributed by atoms with Gasteiger partial charge in [-0.2, -0.15) is 0 Å². The average molecular weight is 416 g/mol. The zero-order chi connectivity index (χ0) is 21.1. The minimum atomic E-state index is -0.425. The van der Waals surface area contributed by atoms with E-state index >= 15 is 0 Å². The Morgan fingerprint density at radius 1 is 0.862 bits per heavy atom. The van der Waals surface area contributed by atoms with Gasteiger partial charge in [-0.3, -0.25) is 25.8 Å². The molecule has 0 aliphatic heterocycles. The highest BCUT2D eigenvalue weighted by Crippen LogP contribution is 2.17. The first-order chi connectivity index (χ1) is 14.0. The number of amides is 2. The maximum absolute atomic E-state index is 12.4. The molecule has 154 valence electrons. The van der Waals surface area contributed by atoms with Crippen LogP contribution in [0, 0.1) is 0 Å². The molecule has 0 aliphatic carbocycles. The normalized spacial score (nSPS) is 10.0. The molecule has 2 aromatic carbocycles. The van der Waals surface area contributed by atoms with E-state index in [4.69, 9.17) is 21.7 Å². The van der Waals surface area contributed by atoms with E-state index in [1.54, 1.807) is 48.5 Å². The van der Waals surface area contributed by atoms with E-state index in [0.29, 0.717) is 35.8 Å².